The van der Waals surface area contributed by atoms with Crippen molar-refractivity contribution < 1.29 is 9.84 Å². The second-order valence-electron chi connectivity index (χ2n) is 3.35. The van der Waals surface area contributed by atoms with Crippen molar-refractivity contribution in [2.45, 2.75) is 25.4 Å². The molecule has 1 aliphatic rings. The lowest BCUT2D eigenvalue weighted by atomic mass is 10.1. The van der Waals surface area contributed by atoms with E-state index in [1.54, 1.807) is 5.51 Å². The summed E-state index contributed by atoms with van der Waals surface area (Å²) < 4.78 is 5.41. The molecule has 72 valence electrons. The van der Waals surface area contributed by atoms with Gasteiger partial charge in [-0.1, -0.05) is 11.3 Å². The molecule has 1 saturated carbocycles. The molecule has 1 heterocycles. The molecular formula is C8H12N2O2S. The smallest absolute Gasteiger partial charge is 0.293 e. The molecule has 1 N–H and O–H groups in total. The van der Waals surface area contributed by atoms with Crippen LogP contribution in [-0.4, -0.2) is 28.0 Å². The highest BCUT2D eigenvalue weighted by atomic mass is 32.1. The van der Waals surface area contributed by atoms with Gasteiger partial charge in [0.2, 0.25) is 0 Å². The fourth-order valence-corrected chi connectivity index (χ4v) is 2.03. The lowest BCUT2D eigenvalue weighted by Gasteiger charge is -2.07. The van der Waals surface area contributed by atoms with Crippen LogP contribution in [0.4, 0.5) is 0 Å². The third-order valence-corrected chi connectivity index (χ3v) is 2.90. The summed E-state index contributed by atoms with van der Waals surface area (Å²) in [6.45, 7) is 0.659. The monoisotopic (exact) mass is 200 g/mol. The second-order valence-corrected chi connectivity index (χ2v) is 4.14. The van der Waals surface area contributed by atoms with E-state index in [1.807, 2.05) is 0 Å². The average Bonchev–Trinajstić information content (AvgIpc) is 2.71. The zero-order chi connectivity index (χ0) is 9.10. The molecule has 1 aliphatic carbocycles. The summed E-state index contributed by atoms with van der Waals surface area (Å²) in [5, 5.41) is 17.4. The Kier molecular flexibility index (Phi) is 2.75. The van der Waals surface area contributed by atoms with E-state index in [2.05, 4.69) is 10.2 Å². The number of aromatic nitrogens is 2. The van der Waals surface area contributed by atoms with Gasteiger partial charge in [0.1, 0.15) is 5.51 Å². The second kappa shape index (κ2) is 4.02. The first-order valence-corrected chi connectivity index (χ1v) is 5.29. The van der Waals surface area contributed by atoms with Crippen LogP contribution >= 0.6 is 11.3 Å². The first-order valence-electron chi connectivity index (χ1n) is 4.41. The lowest BCUT2D eigenvalue weighted by Crippen LogP contribution is -2.09. The van der Waals surface area contributed by atoms with Gasteiger partial charge in [-0.05, 0) is 25.2 Å². The van der Waals surface area contributed by atoms with Gasteiger partial charge in [-0.15, -0.1) is 10.2 Å². The summed E-state index contributed by atoms with van der Waals surface area (Å²) in [5.74, 6) is 0.485. The van der Waals surface area contributed by atoms with Crippen LogP contribution < -0.4 is 4.74 Å². The van der Waals surface area contributed by atoms with Crippen molar-refractivity contribution in [3.8, 4) is 5.19 Å². The van der Waals surface area contributed by atoms with E-state index in [-0.39, 0.29) is 6.10 Å². The molecule has 0 radical (unpaired) electrons. The standard InChI is InChI=1S/C8H12N2O2S/c11-7-2-1-6(3-7)4-12-8-10-9-5-13-8/h5-7,11H,1-4H2/t6-,7+/m1/s1. The number of aliphatic hydroxyl groups is 1. The van der Waals surface area contributed by atoms with Gasteiger partial charge in [-0.25, -0.2) is 0 Å². The highest BCUT2D eigenvalue weighted by molar-refractivity contribution is 7.11. The summed E-state index contributed by atoms with van der Waals surface area (Å²) >= 11 is 1.40. The Hall–Kier alpha value is -0.680. The van der Waals surface area contributed by atoms with Crippen molar-refractivity contribution in [3.05, 3.63) is 5.51 Å². The van der Waals surface area contributed by atoms with Gasteiger partial charge in [0.05, 0.1) is 12.7 Å². The molecule has 1 aromatic heterocycles. The minimum atomic E-state index is -0.122. The topological polar surface area (TPSA) is 55.2 Å². The summed E-state index contributed by atoms with van der Waals surface area (Å²) in [5.41, 5.74) is 1.65. The van der Waals surface area contributed by atoms with E-state index in [4.69, 9.17) is 4.74 Å². The predicted molar refractivity (Wildman–Crippen MR) is 48.8 cm³/mol. The number of nitrogens with zero attached hydrogens (tertiary/aromatic N) is 2. The molecule has 1 aromatic rings. The van der Waals surface area contributed by atoms with Crippen molar-refractivity contribution in [2.24, 2.45) is 5.92 Å². The highest BCUT2D eigenvalue weighted by Crippen LogP contribution is 2.26. The summed E-state index contributed by atoms with van der Waals surface area (Å²) in [4.78, 5) is 0. The normalized spacial score (nSPS) is 27.8. The van der Waals surface area contributed by atoms with Crippen molar-refractivity contribution in [2.75, 3.05) is 6.61 Å². The summed E-state index contributed by atoms with van der Waals surface area (Å²) in [7, 11) is 0. The molecule has 0 saturated heterocycles. The van der Waals surface area contributed by atoms with Crippen molar-refractivity contribution >= 4 is 11.3 Å². The molecule has 2 atom stereocenters. The summed E-state index contributed by atoms with van der Waals surface area (Å²) in [6, 6.07) is 0. The lowest BCUT2D eigenvalue weighted by molar-refractivity contribution is 0.167. The molecule has 4 nitrogen and oxygen atoms in total. The SMILES string of the molecule is O[C@H]1CC[C@@H](COc2nncs2)C1. The maximum atomic E-state index is 9.28. The molecular weight excluding hydrogens is 188 g/mol. The number of hydrogen-bond donors (Lipinski definition) is 1. The van der Waals surface area contributed by atoms with Gasteiger partial charge < -0.3 is 9.84 Å². The molecule has 0 unspecified atom stereocenters. The third kappa shape index (κ3) is 2.38. The van der Waals surface area contributed by atoms with Crippen LogP contribution in [0.1, 0.15) is 19.3 Å². The van der Waals surface area contributed by atoms with Crippen molar-refractivity contribution in [1.29, 1.82) is 0 Å². The van der Waals surface area contributed by atoms with Gasteiger partial charge in [-0.3, -0.25) is 0 Å². The molecule has 0 aliphatic heterocycles. The third-order valence-electron chi connectivity index (χ3n) is 2.30. The Bertz CT molecular complexity index is 253. The average molecular weight is 200 g/mol. The fourth-order valence-electron chi connectivity index (χ4n) is 1.61. The first-order chi connectivity index (χ1) is 6.34. The number of ether oxygens (including phenoxy) is 1. The molecule has 13 heavy (non-hydrogen) atoms. The Morgan fingerprint density at radius 1 is 1.62 bits per heavy atom. The minimum Gasteiger partial charge on any atom is -0.469 e. The van der Waals surface area contributed by atoms with Gasteiger partial charge in [-0.2, -0.15) is 0 Å². The quantitative estimate of drug-likeness (QED) is 0.793. The Morgan fingerprint density at radius 2 is 2.54 bits per heavy atom. The molecule has 0 bridgehead atoms. The first kappa shape index (κ1) is 8.90. The van der Waals surface area contributed by atoms with E-state index in [9.17, 15) is 5.11 Å². The van der Waals surface area contributed by atoms with Crippen LogP contribution in [0.5, 0.6) is 5.19 Å². The zero-order valence-corrected chi connectivity index (χ0v) is 8.04. The fraction of sp³-hybridized carbons (Fsp3) is 0.750. The van der Waals surface area contributed by atoms with E-state index >= 15 is 0 Å². The maximum absolute atomic E-state index is 9.28. The van der Waals surface area contributed by atoms with Crippen LogP contribution in [0.25, 0.3) is 0 Å². The number of rotatable bonds is 3. The Morgan fingerprint density at radius 3 is 3.15 bits per heavy atom. The Labute approximate surface area is 80.6 Å². The van der Waals surface area contributed by atoms with Crippen LogP contribution in [0.2, 0.25) is 0 Å². The van der Waals surface area contributed by atoms with Crippen LogP contribution in [0, 0.1) is 5.92 Å². The number of aliphatic hydroxyl groups excluding tert-OH is 1. The highest BCUT2D eigenvalue weighted by Gasteiger charge is 2.23. The van der Waals surface area contributed by atoms with Crippen LogP contribution in [-0.2, 0) is 0 Å². The summed E-state index contributed by atoms with van der Waals surface area (Å²) in [6.07, 6.45) is 2.70. The van der Waals surface area contributed by atoms with Crippen LogP contribution in [0.3, 0.4) is 0 Å². The van der Waals surface area contributed by atoms with Crippen LogP contribution in [0.15, 0.2) is 5.51 Å². The molecule has 0 amide bonds. The molecule has 0 spiro atoms. The molecule has 5 heteroatoms. The van der Waals surface area contributed by atoms with Gasteiger partial charge in [0.25, 0.3) is 5.19 Å². The van der Waals surface area contributed by atoms with Crippen molar-refractivity contribution in [1.82, 2.24) is 10.2 Å². The van der Waals surface area contributed by atoms with E-state index in [0.717, 1.165) is 19.3 Å². The predicted octanol–water partition coefficient (Wildman–Crippen LogP) is 1.08. The molecule has 2 rings (SSSR count). The van der Waals surface area contributed by atoms with Crippen molar-refractivity contribution in [3.63, 3.8) is 0 Å². The molecule has 1 fully saturated rings. The largest absolute Gasteiger partial charge is 0.469 e. The molecule has 0 aromatic carbocycles. The van der Waals surface area contributed by atoms with Gasteiger partial charge >= 0.3 is 0 Å². The Balaban J connectivity index is 1.74. The van der Waals surface area contributed by atoms with E-state index in [0.29, 0.717) is 17.7 Å². The van der Waals surface area contributed by atoms with E-state index in [1.165, 1.54) is 11.3 Å². The maximum Gasteiger partial charge on any atom is 0.293 e. The van der Waals surface area contributed by atoms with Gasteiger partial charge in [0.15, 0.2) is 0 Å². The van der Waals surface area contributed by atoms with Gasteiger partial charge in [0, 0.05) is 0 Å². The number of hydrogen-bond acceptors (Lipinski definition) is 5. The zero-order valence-electron chi connectivity index (χ0n) is 7.22. The van der Waals surface area contributed by atoms with E-state index < -0.39 is 0 Å². The minimum absolute atomic E-state index is 0.122.